The molecule has 1 aromatic heterocycles. The minimum atomic E-state index is -0.224. The molecule has 1 unspecified atom stereocenters. The van der Waals surface area contributed by atoms with E-state index < -0.39 is 0 Å². The maximum atomic E-state index is 6.67. The molecule has 3 rings (SSSR count). The van der Waals surface area contributed by atoms with Crippen molar-refractivity contribution in [3.05, 3.63) is 83.7 Å². The van der Waals surface area contributed by atoms with Gasteiger partial charge in [-0.05, 0) is 61.3 Å². The molecule has 0 fully saturated rings. The minimum absolute atomic E-state index is 0.224. The molecule has 0 aliphatic heterocycles. The number of hydrogen-bond acceptors (Lipinski definition) is 2. The number of aromatic nitrogens is 1. The van der Waals surface area contributed by atoms with Gasteiger partial charge in [0.1, 0.15) is 0 Å². The lowest BCUT2D eigenvalue weighted by Gasteiger charge is -2.33. The number of allylic oxidation sites excluding steroid dienone is 2. The molecule has 214 valence electrons. The predicted molar refractivity (Wildman–Crippen MR) is 169 cm³/mol. The van der Waals surface area contributed by atoms with Crippen molar-refractivity contribution >= 4 is 5.57 Å². The van der Waals surface area contributed by atoms with Crippen molar-refractivity contribution in [2.24, 2.45) is 0 Å². The molecule has 2 heteroatoms. The van der Waals surface area contributed by atoms with Gasteiger partial charge in [-0.15, -0.1) is 0 Å². The van der Waals surface area contributed by atoms with Crippen LogP contribution >= 0.6 is 0 Å². The van der Waals surface area contributed by atoms with Crippen LogP contribution < -0.4 is 0 Å². The van der Waals surface area contributed by atoms with E-state index in [1.807, 2.05) is 0 Å². The highest BCUT2D eigenvalue weighted by atomic mass is 16.5. The molecule has 0 bridgehead atoms. The summed E-state index contributed by atoms with van der Waals surface area (Å²) in [5.74, 6) is 0. The van der Waals surface area contributed by atoms with Gasteiger partial charge in [0.25, 0.3) is 0 Å². The van der Waals surface area contributed by atoms with Gasteiger partial charge in [0, 0.05) is 18.5 Å². The summed E-state index contributed by atoms with van der Waals surface area (Å²) in [7, 11) is 0. The van der Waals surface area contributed by atoms with Crippen molar-refractivity contribution in [3.8, 4) is 0 Å². The Morgan fingerprint density at radius 3 is 2.00 bits per heavy atom. The van der Waals surface area contributed by atoms with Crippen LogP contribution in [-0.4, -0.2) is 17.2 Å². The fraction of sp³-hybridized carbons (Fsp3) is 0.595. The standard InChI is InChI=1S/C37H55NO/c1-3-5-7-9-11-13-16-20-33-23-24-36(38-32-33)27-30-37(39-31-19-14-12-10-8-6-4-2)28-25-35(26-29-37)34-21-17-15-18-22-34/h15,17-18,21-26,28,32H,3-14,16,19-20,27,29-31H2,1-2H3. The monoisotopic (exact) mass is 529 g/mol. The summed E-state index contributed by atoms with van der Waals surface area (Å²) >= 11 is 0. The van der Waals surface area contributed by atoms with Crippen LogP contribution in [0.3, 0.4) is 0 Å². The highest BCUT2D eigenvalue weighted by Gasteiger charge is 2.29. The zero-order valence-electron chi connectivity index (χ0n) is 25.1. The summed E-state index contributed by atoms with van der Waals surface area (Å²) in [6.45, 7) is 5.41. The number of pyridine rings is 1. The molecule has 0 amide bonds. The first kappa shape index (κ1) is 31.3. The fourth-order valence-corrected chi connectivity index (χ4v) is 5.58. The number of hydrogen-bond donors (Lipinski definition) is 0. The number of rotatable bonds is 21. The number of unbranched alkanes of at least 4 members (excludes halogenated alkanes) is 12. The normalized spacial score (nSPS) is 16.9. The number of ether oxygens (including phenoxy) is 1. The molecule has 0 saturated heterocycles. The van der Waals surface area contributed by atoms with Crippen molar-refractivity contribution in [2.45, 2.75) is 135 Å². The van der Waals surface area contributed by atoms with Crippen molar-refractivity contribution in [1.82, 2.24) is 4.98 Å². The summed E-state index contributed by atoms with van der Waals surface area (Å²) in [5.41, 5.74) is 4.93. The van der Waals surface area contributed by atoms with Crippen LogP contribution in [0.2, 0.25) is 0 Å². The predicted octanol–water partition coefficient (Wildman–Crippen LogP) is 10.9. The smallest absolute Gasteiger partial charge is 0.0904 e. The van der Waals surface area contributed by atoms with Gasteiger partial charge in [-0.25, -0.2) is 0 Å². The Labute approximate surface area is 240 Å². The fourth-order valence-electron chi connectivity index (χ4n) is 5.58. The molecule has 1 heterocycles. The molecule has 0 N–H and O–H groups in total. The summed E-state index contributed by atoms with van der Waals surface area (Å²) < 4.78 is 6.67. The second kappa shape index (κ2) is 19.0. The Morgan fingerprint density at radius 1 is 0.718 bits per heavy atom. The van der Waals surface area contributed by atoms with E-state index in [0.717, 1.165) is 38.7 Å². The van der Waals surface area contributed by atoms with Crippen LogP contribution in [-0.2, 0) is 17.6 Å². The van der Waals surface area contributed by atoms with Gasteiger partial charge < -0.3 is 4.74 Å². The molecular weight excluding hydrogens is 474 g/mol. The molecule has 2 nitrogen and oxygen atoms in total. The first-order valence-electron chi connectivity index (χ1n) is 16.3. The quantitative estimate of drug-likeness (QED) is 0.150. The van der Waals surface area contributed by atoms with Crippen LogP contribution in [0.15, 0.2) is 66.9 Å². The Kier molecular flexibility index (Phi) is 15.3. The zero-order chi connectivity index (χ0) is 27.4. The maximum Gasteiger partial charge on any atom is 0.0904 e. The molecule has 0 radical (unpaired) electrons. The van der Waals surface area contributed by atoms with E-state index in [4.69, 9.17) is 9.72 Å². The minimum Gasteiger partial charge on any atom is -0.371 e. The lowest BCUT2D eigenvalue weighted by molar-refractivity contribution is -0.0148. The third kappa shape index (κ3) is 12.2. The molecule has 1 aliphatic carbocycles. The summed E-state index contributed by atoms with van der Waals surface area (Å²) in [4.78, 5) is 4.85. The highest BCUT2D eigenvalue weighted by Crippen LogP contribution is 2.33. The van der Waals surface area contributed by atoms with Gasteiger partial charge in [0.2, 0.25) is 0 Å². The maximum absolute atomic E-state index is 6.67. The molecule has 0 saturated carbocycles. The third-order valence-electron chi connectivity index (χ3n) is 8.24. The number of nitrogens with zero attached hydrogens (tertiary/aromatic N) is 1. The second-order valence-corrected chi connectivity index (χ2v) is 11.6. The lowest BCUT2D eigenvalue weighted by atomic mass is 9.85. The molecule has 0 spiro atoms. The van der Waals surface area contributed by atoms with E-state index in [9.17, 15) is 0 Å². The summed E-state index contributed by atoms with van der Waals surface area (Å²) in [5, 5.41) is 0. The van der Waals surface area contributed by atoms with Crippen LogP contribution in [0.4, 0.5) is 0 Å². The van der Waals surface area contributed by atoms with Gasteiger partial charge >= 0.3 is 0 Å². The Morgan fingerprint density at radius 2 is 1.38 bits per heavy atom. The topological polar surface area (TPSA) is 22.1 Å². The average molecular weight is 530 g/mol. The van der Waals surface area contributed by atoms with Gasteiger partial charge in [0.15, 0.2) is 0 Å². The van der Waals surface area contributed by atoms with Crippen molar-refractivity contribution < 1.29 is 4.74 Å². The number of benzene rings is 1. The van der Waals surface area contributed by atoms with Crippen LogP contribution in [0, 0.1) is 0 Å². The highest BCUT2D eigenvalue weighted by molar-refractivity contribution is 5.75. The molecule has 1 atom stereocenters. The largest absolute Gasteiger partial charge is 0.371 e. The first-order chi connectivity index (χ1) is 19.2. The lowest BCUT2D eigenvalue weighted by Crippen LogP contribution is -2.32. The van der Waals surface area contributed by atoms with Crippen molar-refractivity contribution in [1.29, 1.82) is 0 Å². The van der Waals surface area contributed by atoms with Gasteiger partial charge in [-0.2, -0.15) is 0 Å². The van der Waals surface area contributed by atoms with E-state index in [2.05, 4.69) is 80.7 Å². The average Bonchev–Trinajstić information content (AvgIpc) is 2.98. The Hall–Kier alpha value is -2.19. The molecular formula is C37H55NO. The summed E-state index contributed by atoms with van der Waals surface area (Å²) in [6.07, 6.45) is 31.8. The number of aryl methyl sites for hydroxylation is 2. The molecule has 1 aliphatic rings. The Balaban J connectivity index is 1.48. The van der Waals surface area contributed by atoms with E-state index in [0.29, 0.717) is 0 Å². The molecule has 1 aromatic carbocycles. The first-order valence-corrected chi connectivity index (χ1v) is 16.3. The Bertz CT molecular complexity index is 945. The van der Waals surface area contributed by atoms with Gasteiger partial charge in [-0.3, -0.25) is 4.98 Å². The molecule has 39 heavy (non-hydrogen) atoms. The van der Waals surface area contributed by atoms with E-state index in [1.165, 1.54) is 106 Å². The van der Waals surface area contributed by atoms with Gasteiger partial charge in [0.05, 0.1) is 5.60 Å². The van der Waals surface area contributed by atoms with E-state index >= 15 is 0 Å². The van der Waals surface area contributed by atoms with Crippen molar-refractivity contribution in [2.75, 3.05) is 6.61 Å². The zero-order valence-corrected chi connectivity index (χ0v) is 25.1. The van der Waals surface area contributed by atoms with E-state index in [1.54, 1.807) is 0 Å². The van der Waals surface area contributed by atoms with Crippen LogP contribution in [0.5, 0.6) is 0 Å². The third-order valence-corrected chi connectivity index (χ3v) is 8.24. The van der Waals surface area contributed by atoms with Crippen LogP contribution in [0.1, 0.15) is 133 Å². The van der Waals surface area contributed by atoms with Crippen molar-refractivity contribution in [3.63, 3.8) is 0 Å². The second-order valence-electron chi connectivity index (χ2n) is 11.6. The SMILES string of the molecule is CCCCCCCCCOC1(CCc2ccc(CCCCCCCCC)cn2)C=CC(c2ccccc2)=CC1. The summed E-state index contributed by atoms with van der Waals surface area (Å²) in [6, 6.07) is 15.3. The van der Waals surface area contributed by atoms with E-state index in [-0.39, 0.29) is 5.60 Å². The van der Waals surface area contributed by atoms with Crippen LogP contribution in [0.25, 0.3) is 5.57 Å². The molecule has 2 aromatic rings. The van der Waals surface area contributed by atoms with Gasteiger partial charge in [-0.1, -0.05) is 146 Å².